The fourth-order valence-electron chi connectivity index (χ4n) is 3.51. The molecule has 3 rings (SSSR count). The van der Waals surface area contributed by atoms with Gasteiger partial charge in [-0.05, 0) is 67.6 Å². The number of benzene rings is 2. The molecule has 1 fully saturated rings. The Morgan fingerprint density at radius 3 is 2.43 bits per heavy atom. The van der Waals surface area contributed by atoms with Crippen LogP contribution in [0.25, 0.3) is 0 Å². The van der Waals surface area contributed by atoms with E-state index in [9.17, 15) is 9.59 Å². The van der Waals surface area contributed by atoms with E-state index in [1.165, 1.54) is 0 Å². The van der Waals surface area contributed by atoms with E-state index in [0.29, 0.717) is 23.9 Å². The van der Waals surface area contributed by atoms with Gasteiger partial charge < -0.3 is 20.5 Å². The molecule has 2 aromatic carbocycles. The molecule has 1 aliphatic carbocycles. The van der Waals surface area contributed by atoms with Crippen molar-refractivity contribution in [1.29, 1.82) is 0 Å². The third-order valence-electron chi connectivity index (χ3n) is 5.21. The number of carbonyl (C=O) groups is 2. The van der Waals surface area contributed by atoms with Crippen LogP contribution in [0.4, 0.5) is 5.69 Å². The number of methoxy groups -OCH3 is 1. The van der Waals surface area contributed by atoms with Gasteiger partial charge in [0.25, 0.3) is 5.91 Å². The Bertz CT molecular complexity index is 812. The van der Waals surface area contributed by atoms with Crippen LogP contribution in [0.2, 0.25) is 0 Å². The van der Waals surface area contributed by atoms with Crippen molar-refractivity contribution >= 4 is 17.6 Å². The Morgan fingerprint density at radius 2 is 1.79 bits per heavy atom. The third kappa shape index (κ3) is 5.33. The summed E-state index contributed by atoms with van der Waals surface area (Å²) in [6.07, 6.45) is 3.21. The van der Waals surface area contributed by atoms with Crippen molar-refractivity contribution in [3.63, 3.8) is 0 Å². The molecule has 2 aromatic rings. The number of nitrogens with one attached hydrogen (secondary N) is 2. The highest BCUT2D eigenvalue weighted by molar-refractivity contribution is 6.04. The molecule has 28 heavy (non-hydrogen) atoms. The first-order valence-corrected chi connectivity index (χ1v) is 9.55. The maximum atomic E-state index is 12.4. The van der Waals surface area contributed by atoms with Gasteiger partial charge in [0.2, 0.25) is 0 Å². The van der Waals surface area contributed by atoms with E-state index < -0.39 is 5.97 Å². The van der Waals surface area contributed by atoms with Crippen molar-refractivity contribution in [2.45, 2.75) is 38.3 Å². The van der Waals surface area contributed by atoms with E-state index in [0.717, 1.165) is 36.9 Å². The third-order valence-corrected chi connectivity index (χ3v) is 5.21. The van der Waals surface area contributed by atoms with Crippen LogP contribution in [-0.2, 0) is 11.3 Å². The number of carboxylic acids is 1. The quantitative estimate of drug-likeness (QED) is 0.680. The molecule has 3 N–H and O–H groups in total. The minimum atomic E-state index is -0.682. The highest BCUT2D eigenvalue weighted by Crippen LogP contribution is 2.24. The summed E-state index contributed by atoms with van der Waals surface area (Å²) < 4.78 is 5.11. The molecule has 6 heteroatoms. The molecule has 0 heterocycles. The Labute approximate surface area is 164 Å². The zero-order valence-electron chi connectivity index (χ0n) is 16.0. The highest BCUT2D eigenvalue weighted by Gasteiger charge is 2.25. The topological polar surface area (TPSA) is 87.7 Å². The van der Waals surface area contributed by atoms with Gasteiger partial charge in [-0.15, -0.1) is 0 Å². The lowest BCUT2D eigenvalue weighted by atomic mass is 9.86. The lowest BCUT2D eigenvalue weighted by Crippen LogP contribution is -2.34. The molecular formula is C22H26N2O4. The number of anilines is 1. The van der Waals surface area contributed by atoms with E-state index >= 15 is 0 Å². The lowest BCUT2D eigenvalue weighted by Gasteiger charge is -2.27. The summed E-state index contributed by atoms with van der Waals surface area (Å²) >= 11 is 0. The number of carbonyl (C=O) groups excluding carboxylic acids is 1. The fourth-order valence-corrected chi connectivity index (χ4v) is 3.51. The standard InChI is InChI=1S/C22H26N2O4/c1-28-20-11-7-16(8-12-20)21(25)24-19-4-2-3-15(13-19)14-23-18-9-5-17(6-10-18)22(26)27/h2-4,7-8,11-13,17-18,23H,5-6,9-10,14H2,1H3,(H,24,25)(H,26,27). The van der Waals surface area contributed by atoms with Crippen LogP contribution in [0, 0.1) is 5.92 Å². The first-order valence-electron chi connectivity index (χ1n) is 9.55. The fraction of sp³-hybridized carbons (Fsp3) is 0.364. The Hall–Kier alpha value is -2.86. The van der Waals surface area contributed by atoms with Gasteiger partial charge in [0.1, 0.15) is 5.75 Å². The smallest absolute Gasteiger partial charge is 0.306 e. The summed E-state index contributed by atoms with van der Waals surface area (Å²) in [6, 6.07) is 15.1. The number of rotatable bonds is 7. The molecule has 0 aliphatic heterocycles. The van der Waals surface area contributed by atoms with Gasteiger partial charge in [0, 0.05) is 23.8 Å². The minimum absolute atomic E-state index is 0.167. The zero-order chi connectivity index (χ0) is 19.9. The van der Waals surface area contributed by atoms with E-state index in [1.54, 1.807) is 31.4 Å². The summed E-state index contributed by atoms with van der Waals surface area (Å²) in [6.45, 7) is 0.689. The molecular weight excluding hydrogens is 356 g/mol. The van der Waals surface area contributed by atoms with Crippen LogP contribution >= 0.6 is 0 Å². The first-order chi connectivity index (χ1) is 13.5. The van der Waals surface area contributed by atoms with E-state index in [2.05, 4.69) is 10.6 Å². The van der Waals surface area contributed by atoms with E-state index in [4.69, 9.17) is 9.84 Å². The number of hydrogen-bond donors (Lipinski definition) is 3. The van der Waals surface area contributed by atoms with Crippen LogP contribution in [0.3, 0.4) is 0 Å². The number of hydrogen-bond acceptors (Lipinski definition) is 4. The van der Waals surface area contributed by atoms with Gasteiger partial charge in [0.05, 0.1) is 13.0 Å². The van der Waals surface area contributed by atoms with Crippen LogP contribution in [-0.4, -0.2) is 30.1 Å². The largest absolute Gasteiger partial charge is 0.497 e. The minimum Gasteiger partial charge on any atom is -0.497 e. The molecule has 0 radical (unpaired) electrons. The van der Waals surface area contributed by atoms with Crippen LogP contribution in [0.1, 0.15) is 41.6 Å². The molecule has 0 spiro atoms. The van der Waals surface area contributed by atoms with Crippen molar-refractivity contribution in [2.75, 3.05) is 12.4 Å². The van der Waals surface area contributed by atoms with Gasteiger partial charge in [0.15, 0.2) is 0 Å². The van der Waals surface area contributed by atoms with Crippen molar-refractivity contribution < 1.29 is 19.4 Å². The zero-order valence-corrected chi connectivity index (χ0v) is 16.0. The SMILES string of the molecule is COc1ccc(C(=O)Nc2cccc(CNC3CCC(C(=O)O)CC3)c2)cc1. The Kier molecular flexibility index (Phi) is 6.66. The second-order valence-corrected chi connectivity index (χ2v) is 7.15. The molecule has 0 atom stereocenters. The Morgan fingerprint density at radius 1 is 1.07 bits per heavy atom. The summed E-state index contributed by atoms with van der Waals surface area (Å²) in [4.78, 5) is 23.4. The first kappa shape index (κ1) is 19.9. The van der Waals surface area contributed by atoms with Crippen molar-refractivity contribution in [2.24, 2.45) is 5.92 Å². The summed E-state index contributed by atoms with van der Waals surface area (Å²) in [5, 5.41) is 15.5. The van der Waals surface area contributed by atoms with Crippen molar-refractivity contribution in [3.8, 4) is 5.75 Å². The maximum Gasteiger partial charge on any atom is 0.306 e. The summed E-state index contributed by atoms with van der Waals surface area (Å²) in [7, 11) is 1.59. The summed E-state index contributed by atoms with van der Waals surface area (Å²) in [5.41, 5.74) is 2.39. The number of ether oxygens (including phenoxy) is 1. The molecule has 1 aliphatic rings. The van der Waals surface area contributed by atoms with E-state index in [1.807, 2.05) is 24.3 Å². The second kappa shape index (κ2) is 9.37. The van der Waals surface area contributed by atoms with Gasteiger partial charge in [-0.25, -0.2) is 0 Å². The molecule has 1 saturated carbocycles. The molecule has 6 nitrogen and oxygen atoms in total. The van der Waals surface area contributed by atoms with Gasteiger partial charge in [-0.1, -0.05) is 12.1 Å². The molecule has 148 valence electrons. The number of carboxylic acid groups (broad SMARTS) is 1. The van der Waals surface area contributed by atoms with Crippen LogP contribution in [0.5, 0.6) is 5.75 Å². The average molecular weight is 382 g/mol. The van der Waals surface area contributed by atoms with Gasteiger partial charge in [-0.3, -0.25) is 9.59 Å². The monoisotopic (exact) mass is 382 g/mol. The molecule has 0 bridgehead atoms. The predicted molar refractivity (Wildman–Crippen MR) is 108 cm³/mol. The van der Waals surface area contributed by atoms with Crippen LogP contribution < -0.4 is 15.4 Å². The maximum absolute atomic E-state index is 12.4. The molecule has 0 unspecified atom stereocenters. The average Bonchev–Trinajstić information content (AvgIpc) is 2.73. The van der Waals surface area contributed by atoms with Gasteiger partial charge in [-0.2, -0.15) is 0 Å². The second-order valence-electron chi connectivity index (χ2n) is 7.15. The molecule has 0 aromatic heterocycles. The predicted octanol–water partition coefficient (Wildman–Crippen LogP) is 3.68. The number of amides is 1. The molecule has 0 saturated heterocycles. The Balaban J connectivity index is 1.52. The van der Waals surface area contributed by atoms with Crippen molar-refractivity contribution in [3.05, 3.63) is 59.7 Å². The number of aliphatic carboxylic acids is 1. The van der Waals surface area contributed by atoms with Crippen LogP contribution in [0.15, 0.2) is 48.5 Å². The van der Waals surface area contributed by atoms with E-state index in [-0.39, 0.29) is 11.8 Å². The lowest BCUT2D eigenvalue weighted by molar-refractivity contribution is -0.142. The molecule has 1 amide bonds. The summed E-state index contributed by atoms with van der Waals surface area (Å²) in [5.74, 6) is -0.338. The van der Waals surface area contributed by atoms with Crippen molar-refractivity contribution in [1.82, 2.24) is 5.32 Å². The van der Waals surface area contributed by atoms with Gasteiger partial charge >= 0.3 is 5.97 Å². The highest BCUT2D eigenvalue weighted by atomic mass is 16.5. The normalized spacial score (nSPS) is 19.0.